The Morgan fingerprint density at radius 1 is 1.29 bits per heavy atom. The molecule has 1 unspecified atom stereocenters. The molecule has 0 bridgehead atoms. The molecule has 0 aromatic heterocycles. The van der Waals surface area contributed by atoms with E-state index >= 15 is 0 Å². The minimum absolute atomic E-state index is 0.716. The summed E-state index contributed by atoms with van der Waals surface area (Å²) in [7, 11) is 1.63. The quantitative estimate of drug-likeness (QED) is 0.700. The average molecular weight is 223 g/mol. The molecule has 1 aromatic carbocycles. The van der Waals surface area contributed by atoms with Crippen molar-refractivity contribution in [3.63, 3.8) is 0 Å². The van der Waals surface area contributed by atoms with E-state index in [1.54, 1.807) is 7.11 Å². The average Bonchev–Trinajstić information content (AvgIpc) is 2.39. The second kappa shape index (κ2) is 4.61. The molecular weight excluding hydrogens is 208 g/mol. The maximum Gasteiger partial charge on any atom is 0.154 e. The van der Waals surface area contributed by atoms with Gasteiger partial charge in [0.2, 0.25) is 0 Å². The molecule has 0 saturated heterocycles. The molecule has 1 aromatic rings. The van der Waals surface area contributed by atoms with Gasteiger partial charge in [-0.2, -0.15) is 0 Å². The van der Waals surface area contributed by atoms with Crippen LogP contribution in [0.2, 0.25) is 0 Å². The van der Waals surface area contributed by atoms with Crippen LogP contribution in [0.4, 0.5) is 0 Å². The predicted octanol–water partition coefficient (Wildman–Crippen LogP) is 3.17. The van der Waals surface area contributed by atoms with Crippen molar-refractivity contribution in [1.29, 1.82) is 0 Å². The molecule has 1 nitrogen and oxygen atoms in total. The van der Waals surface area contributed by atoms with Gasteiger partial charge in [-0.15, -0.1) is 6.42 Å². The summed E-state index contributed by atoms with van der Waals surface area (Å²) in [5.74, 6) is 2.68. The predicted molar refractivity (Wildman–Crippen MR) is 71.2 cm³/mol. The van der Waals surface area contributed by atoms with Gasteiger partial charge < -0.3 is 4.74 Å². The third kappa shape index (κ3) is 2.18. The topological polar surface area (TPSA) is 9.23 Å². The van der Waals surface area contributed by atoms with Crippen molar-refractivity contribution >= 4 is 5.57 Å². The molecule has 0 fully saturated rings. The first-order valence-corrected chi connectivity index (χ1v) is 5.55. The van der Waals surface area contributed by atoms with Crippen LogP contribution >= 0.6 is 0 Å². The molecule has 0 aliphatic heterocycles. The normalized spacial score (nSPS) is 23.0. The van der Waals surface area contributed by atoms with Crippen molar-refractivity contribution in [3.05, 3.63) is 60.0 Å². The minimum atomic E-state index is -0.716. The van der Waals surface area contributed by atoms with E-state index in [-0.39, 0.29) is 0 Å². The van der Waals surface area contributed by atoms with E-state index in [9.17, 15) is 0 Å². The van der Waals surface area contributed by atoms with E-state index < -0.39 is 5.60 Å². The highest BCUT2D eigenvalue weighted by molar-refractivity contribution is 5.79. The molecule has 1 radical (unpaired) electrons. The van der Waals surface area contributed by atoms with E-state index in [1.165, 1.54) is 11.1 Å². The van der Waals surface area contributed by atoms with E-state index in [0.29, 0.717) is 0 Å². The monoisotopic (exact) mass is 223 g/mol. The minimum Gasteiger partial charge on any atom is -0.361 e. The van der Waals surface area contributed by atoms with Crippen LogP contribution in [0.3, 0.4) is 0 Å². The number of hydrogen-bond donors (Lipinski definition) is 0. The van der Waals surface area contributed by atoms with Crippen molar-refractivity contribution in [2.45, 2.75) is 12.5 Å². The van der Waals surface area contributed by atoms with Gasteiger partial charge in [0.05, 0.1) is 0 Å². The lowest BCUT2D eigenvalue weighted by molar-refractivity contribution is 0.114. The van der Waals surface area contributed by atoms with Gasteiger partial charge in [-0.1, -0.05) is 42.3 Å². The summed E-state index contributed by atoms with van der Waals surface area (Å²) >= 11 is 0. The molecule has 0 saturated carbocycles. The van der Waals surface area contributed by atoms with Gasteiger partial charge in [0.25, 0.3) is 0 Å². The Balaban J connectivity index is 2.38. The first kappa shape index (κ1) is 11.7. The highest BCUT2D eigenvalue weighted by Gasteiger charge is 2.28. The fourth-order valence-corrected chi connectivity index (χ4v) is 1.96. The van der Waals surface area contributed by atoms with Crippen LogP contribution in [0, 0.1) is 25.7 Å². The van der Waals surface area contributed by atoms with Crippen LogP contribution in [0.1, 0.15) is 11.1 Å². The Bertz CT molecular complexity index is 517. The maximum absolute atomic E-state index is 5.54. The SMILES string of the molecule is C#CC1(OC)[CH]C(c2ccccc2C)=CC=C1. The second-order valence-electron chi connectivity index (χ2n) is 4.08. The van der Waals surface area contributed by atoms with Crippen molar-refractivity contribution in [2.75, 3.05) is 7.11 Å². The first-order chi connectivity index (χ1) is 8.21. The Morgan fingerprint density at radius 2 is 2.06 bits per heavy atom. The molecule has 0 spiro atoms. The molecule has 1 aliphatic carbocycles. The number of allylic oxidation sites excluding steroid dienone is 2. The zero-order chi connectivity index (χ0) is 12.3. The third-order valence-electron chi connectivity index (χ3n) is 3.01. The lowest BCUT2D eigenvalue weighted by Gasteiger charge is -2.27. The lowest BCUT2D eigenvalue weighted by Crippen LogP contribution is -2.29. The summed E-state index contributed by atoms with van der Waals surface area (Å²) in [6, 6.07) is 8.24. The van der Waals surface area contributed by atoms with Crippen molar-refractivity contribution in [3.8, 4) is 12.3 Å². The van der Waals surface area contributed by atoms with E-state index in [4.69, 9.17) is 11.2 Å². The standard InChI is InChI=1S/C16H15O/c1-4-16(17-3)11-7-9-14(12-16)15-10-6-5-8-13(15)2/h1,5-12H,2-3H3. The van der Waals surface area contributed by atoms with Crippen molar-refractivity contribution in [1.82, 2.24) is 0 Å². The molecule has 17 heavy (non-hydrogen) atoms. The summed E-state index contributed by atoms with van der Waals surface area (Å²) in [5, 5.41) is 0. The molecule has 2 rings (SSSR count). The van der Waals surface area contributed by atoms with Gasteiger partial charge in [-0.05, 0) is 29.7 Å². The summed E-state index contributed by atoms with van der Waals surface area (Å²) in [4.78, 5) is 0. The Kier molecular flexibility index (Phi) is 3.17. The summed E-state index contributed by atoms with van der Waals surface area (Å²) in [5.41, 5.74) is 2.80. The van der Waals surface area contributed by atoms with Crippen molar-refractivity contribution in [2.24, 2.45) is 0 Å². The van der Waals surface area contributed by atoms with Crippen LogP contribution < -0.4 is 0 Å². The Labute approximate surface area is 103 Å². The van der Waals surface area contributed by atoms with Crippen LogP contribution in [0.15, 0.2) is 42.5 Å². The van der Waals surface area contributed by atoms with Crippen LogP contribution in [-0.4, -0.2) is 12.7 Å². The molecule has 85 valence electrons. The zero-order valence-corrected chi connectivity index (χ0v) is 10.1. The van der Waals surface area contributed by atoms with E-state index in [0.717, 1.165) is 5.57 Å². The molecule has 1 atom stereocenters. The highest BCUT2D eigenvalue weighted by atomic mass is 16.5. The number of hydrogen-bond acceptors (Lipinski definition) is 1. The second-order valence-corrected chi connectivity index (χ2v) is 4.08. The van der Waals surface area contributed by atoms with Crippen LogP contribution in [-0.2, 0) is 4.74 Å². The number of rotatable bonds is 2. The largest absolute Gasteiger partial charge is 0.361 e. The van der Waals surface area contributed by atoms with Gasteiger partial charge in [-0.3, -0.25) is 0 Å². The molecule has 0 heterocycles. The van der Waals surface area contributed by atoms with Gasteiger partial charge >= 0.3 is 0 Å². The smallest absolute Gasteiger partial charge is 0.154 e. The fraction of sp³-hybridized carbons (Fsp3) is 0.188. The molecule has 0 amide bonds. The molecule has 1 aliphatic rings. The van der Waals surface area contributed by atoms with Crippen molar-refractivity contribution < 1.29 is 4.74 Å². The summed E-state index contributed by atoms with van der Waals surface area (Å²) < 4.78 is 5.40. The Hall–Kier alpha value is -1.78. The number of terminal acetylenes is 1. The van der Waals surface area contributed by atoms with E-state index in [2.05, 4.69) is 31.1 Å². The first-order valence-electron chi connectivity index (χ1n) is 5.55. The Morgan fingerprint density at radius 3 is 2.71 bits per heavy atom. The number of ether oxygens (including phenoxy) is 1. The van der Waals surface area contributed by atoms with Gasteiger partial charge in [0, 0.05) is 13.5 Å². The highest BCUT2D eigenvalue weighted by Crippen LogP contribution is 2.32. The van der Waals surface area contributed by atoms with Gasteiger partial charge in [0.1, 0.15) is 0 Å². The fourth-order valence-electron chi connectivity index (χ4n) is 1.96. The number of methoxy groups -OCH3 is 1. The molecule has 1 heteroatoms. The summed E-state index contributed by atoms with van der Waals surface area (Å²) in [6.45, 7) is 2.09. The zero-order valence-electron chi connectivity index (χ0n) is 10.1. The van der Waals surface area contributed by atoms with Crippen LogP contribution in [0.25, 0.3) is 5.57 Å². The molecular formula is C16H15O. The maximum atomic E-state index is 5.54. The van der Waals surface area contributed by atoms with Crippen LogP contribution in [0.5, 0.6) is 0 Å². The third-order valence-corrected chi connectivity index (χ3v) is 3.01. The summed E-state index contributed by atoms with van der Waals surface area (Å²) in [6.07, 6.45) is 13.4. The lowest BCUT2D eigenvalue weighted by atomic mass is 9.85. The molecule has 0 N–H and O–H groups in total. The number of benzene rings is 1. The van der Waals surface area contributed by atoms with E-state index in [1.807, 2.05) is 30.7 Å². The van der Waals surface area contributed by atoms with Gasteiger partial charge in [0.15, 0.2) is 5.60 Å². The van der Waals surface area contributed by atoms with Gasteiger partial charge in [-0.25, -0.2) is 0 Å². The number of aryl methyl sites for hydroxylation is 1.